The number of ketones is 1. The molecular weight excluding hydrogens is 354 g/mol. The molecule has 0 saturated heterocycles. The summed E-state index contributed by atoms with van der Waals surface area (Å²) in [7, 11) is 0. The molecule has 0 radical (unpaired) electrons. The molecule has 122 valence electrons. The van der Waals surface area contributed by atoms with Crippen molar-refractivity contribution in [2.45, 2.75) is 71.9 Å². The quantitative estimate of drug-likeness (QED) is 0.506. The number of carbonyl (C=O) groups excluding carboxylic acids is 1. The van der Waals surface area contributed by atoms with E-state index in [0.29, 0.717) is 0 Å². The summed E-state index contributed by atoms with van der Waals surface area (Å²) in [5.41, 5.74) is 0.883. The molecule has 0 spiro atoms. The third-order valence-corrected chi connectivity index (χ3v) is 10.7. The summed E-state index contributed by atoms with van der Waals surface area (Å²) in [6.07, 6.45) is -1.07. The van der Waals surface area contributed by atoms with E-state index in [9.17, 15) is 9.36 Å². The monoisotopic (exact) mass is 382 g/mol. The molecule has 1 rings (SSSR count). The first-order chi connectivity index (χ1) is 9.45. The first-order valence-corrected chi connectivity index (χ1v) is 12.1. The van der Waals surface area contributed by atoms with Gasteiger partial charge < -0.3 is 0 Å². The number of carbonyl (C=O) groups is 1. The van der Waals surface area contributed by atoms with Gasteiger partial charge in [0.15, 0.2) is 0 Å². The minimum absolute atomic E-state index is 0.0590. The molecule has 1 aliphatic rings. The van der Waals surface area contributed by atoms with Crippen LogP contribution in [-0.2, 0) is 18.4 Å². The standard InChI is InChI=1S/C15H27O4PSe/c1-10(2)18-20(17,19-11(3)4)21-14-13(16)8-12(5)9-15(14,6)7/h8,10-11,14H,9H2,1-7H3. The van der Waals surface area contributed by atoms with E-state index in [2.05, 4.69) is 13.8 Å². The van der Waals surface area contributed by atoms with Crippen LogP contribution < -0.4 is 0 Å². The van der Waals surface area contributed by atoms with Gasteiger partial charge in [-0.05, 0) is 0 Å². The van der Waals surface area contributed by atoms with E-state index in [1.807, 2.05) is 34.6 Å². The van der Waals surface area contributed by atoms with Crippen LogP contribution in [0.4, 0.5) is 0 Å². The van der Waals surface area contributed by atoms with Crippen LogP contribution in [0.2, 0.25) is 4.82 Å². The molecular formula is C15H27O4PSe. The molecule has 0 saturated carbocycles. The van der Waals surface area contributed by atoms with Gasteiger partial charge >= 0.3 is 134 Å². The van der Waals surface area contributed by atoms with Crippen LogP contribution in [0, 0.1) is 5.41 Å². The molecule has 0 fully saturated rings. The van der Waals surface area contributed by atoms with Crippen molar-refractivity contribution in [2.75, 3.05) is 0 Å². The zero-order valence-electron chi connectivity index (χ0n) is 14.0. The predicted octanol–water partition coefficient (Wildman–Crippen LogP) is 4.38. The first-order valence-electron chi connectivity index (χ1n) is 7.31. The molecule has 6 heteroatoms. The van der Waals surface area contributed by atoms with E-state index in [-0.39, 0.29) is 28.2 Å². The topological polar surface area (TPSA) is 52.6 Å². The molecule has 0 aliphatic heterocycles. The fraction of sp³-hybridized carbons (Fsp3) is 0.800. The Morgan fingerprint density at radius 2 is 1.71 bits per heavy atom. The zero-order chi connectivity index (χ0) is 16.4. The summed E-state index contributed by atoms with van der Waals surface area (Å²) in [6.45, 7) is 13.4. The number of rotatable bonds is 6. The average molecular weight is 381 g/mol. The Hall–Kier alpha value is 0.0795. The molecule has 0 bridgehead atoms. The summed E-state index contributed by atoms with van der Waals surface area (Å²) < 4.78 is 24.2. The first kappa shape index (κ1) is 19.1. The Morgan fingerprint density at radius 3 is 2.10 bits per heavy atom. The van der Waals surface area contributed by atoms with Crippen LogP contribution in [0.15, 0.2) is 11.6 Å². The van der Waals surface area contributed by atoms with E-state index in [4.69, 9.17) is 9.05 Å². The molecule has 1 atom stereocenters. The fourth-order valence-electron chi connectivity index (χ4n) is 2.48. The fourth-order valence-corrected chi connectivity index (χ4v) is 11.5. The van der Waals surface area contributed by atoms with E-state index < -0.39 is 20.8 Å². The molecule has 1 unspecified atom stereocenters. The second-order valence-corrected chi connectivity index (χ2v) is 13.5. The Labute approximate surface area is 134 Å². The molecule has 0 aromatic carbocycles. The molecule has 21 heavy (non-hydrogen) atoms. The van der Waals surface area contributed by atoms with Gasteiger partial charge in [0, 0.05) is 0 Å². The third-order valence-electron chi connectivity index (χ3n) is 3.01. The maximum absolute atomic E-state index is 13.0. The van der Waals surface area contributed by atoms with E-state index in [1.165, 1.54) is 0 Å². The van der Waals surface area contributed by atoms with Crippen molar-refractivity contribution in [3.05, 3.63) is 11.6 Å². The summed E-state index contributed by atoms with van der Waals surface area (Å²) >= 11 is -0.528. The van der Waals surface area contributed by atoms with Gasteiger partial charge in [-0.2, -0.15) is 0 Å². The third kappa shape index (κ3) is 5.65. The second-order valence-electron chi connectivity index (χ2n) is 6.80. The van der Waals surface area contributed by atoms with Crippen molar-refractivity contribution in [1.29, 1.82) is 0 Å². The van der Waals surface area contributed by atoms with Crippen LogP contribution in [0.25, 0.3) is 0 Å². The van der Waals surface area contributed by atoms with Crippen LogP contribution in [-0.4, -0.2) is 32.5 Å². The zero-order valence-corrected chi connectivity index (χ0v) is 16.6. The SMILES string of the molecule is CC1=CC(=O)C([Se]P(=O)(OC(C)C)OC(C)C)C(C)(C)C1. The summed E-state index contributed by atoms with van der Waals surface area (Å²) in [5.74, 6) is 0.0590. The molecule has 0 N–H and O–H groups in total. The Kier molecular flexibility index (Phi) is 6.47. The van der Waals surface area contributed by atoms with Gasteiger partial charge in [-0.25, -0.2) is 0 Å². The number of hydrogen-bond donors (Lipinski definition) is 0. The molecule has 0 aromatic heterocycles. The van der Waals surface area contributed by atoms with Gasteiger partial charge in [0.2, 0.25) is 0 Å². The van der Waals surface area contributed by atoms with Crippen LogP contribution >= 0.6 is 6.29 Å². The predicted molar refractivity (Wildman–Crippen MR) is 86.7 cm³/mol. The second kappa shape index (κ2) is 7.10. The van der Waals surface area contributed by atoms with Gasteiger partial charge in [-0.3, -0.25) is 0 Å². The number of allylic oxidation sites excluding steroid dienone is 2. The number of hydrogen-bond acceptors (Lipinski definition) is 4. The van der Waals surface area contributed by atoms with Gasteiger partial charge in [0.1, 0.15) is 0 Å². The Morgan fingerprint density at radius 1 is 1.24 bits per heavy atom. The van der Waals surface area contributed by atoms with Crippen LogP contribution in [0.1, 0.15) is 54.9 Å². The maximum atomic E-state index is 13.0. The minimum atomic E-state index is -3.22. The van der Waals surface area contributed by atoms with Gasteiger partial charge in [-0.15, -0.1) is 0 Å². The summed E-state index contributed by atoms with van der Waals surface area (Å²) in [5, 5.41) is 0. The summed E-state index contributed by atoms with van der Waals surface area (Å²) in [4.78, 5) is 12.1. The van der Waals surface area contributed by atoms with Crippen molar-refractivity contribution in [3.8, 4) is 0 Å². The van der Waals surface area contributed by atoms with Crippen molar-refractivity contribution >= 4 is 26.6 Å². The average Bonchev–Trinajstić information content (AvgIpc) is 2.20. The van der Waals surface area contributed by atoms with Crippen molar-refractivity contribution in [1.82, 2.24) is 0 Å². The van der Waals surface area contributed by atoms with E-state index in [1.54, 1.807) is 6.08 Å². The molecule has 1 aliphatic carbocycles. The molecule has 4 nitrogen and oxygen atoms in total. The van der Waals surface area contributed by atoms with Gasteiger partial charge in [0.25, 0.3) is 0 Å². The van der Waals surface area contributed by atoms with E-state index in [0.717, 1.165) is 12.0 Å². The Bertz CT molecular complexity index is 454. The van der Waals surface area contributed by atoms with Gasteiger partial charge in [-0.1, -0.05) is 0 Å². The van der Waals surface area contributed by atoms with Crippen LogP contribution in [0.5, 0.6) is 0 Å². The van der Waals surface area contributed by atoms with Crippen molar-refractivity contribution in [3.63, 3.8) is 0 Å². The summed E-state index contributed by atoms with van der Waals surface area (Å²) in [6, 6.07) is 0. The normalized spacial score (nSPS) is 22.8. The van der Waals surface area contributed by atoms with Crippen LogP contribution in [0.3, 0.4) is 0 Å². The van der Waals surface area contributed by atoms with Gasteiger partial charge in [0.05, 0.1) is 0 Å². The molecule has 0 heterocycles. The van der Waals surface area contributed by atoms with Crippen molar-refractivity contribution in [2.24, 2.45) is 5.41 Å². The van der Waals surface area contributed by atoms with Crippen molar-refractivity contribution < 1.29 is 18.4 Å². The van der Waals surface area contributed by atoms with E-state index >= 15 is 0 Å². The molecule has 0 aromatic rings. The molecule has 0 amide bonds. The Balaban J connectivity index is 3.02.